The summed E-state index contributed by atoms with van der Waals surface area (Å²) in [5.74, 6) is 0.413. The van der Waals surface area contributed by atoms with Crippen LogP contribution in [-0.4, -0.2) is 12.4 Å². The highest BCUT2D eigenvalue weighted by molar-refractivity contribution is 5.96. The summed E-state index contributed by atoms with van der Waals surface area (Å²) >= 11 is 0. The Morgan fingerprint density at radius 1 is 1.44 bits per heavy atom. The third-order valence-electron chi connectivity index (χ3n) is 2.27. The van der Waals surface area contributed by atoms with Gasteiger partial charge in [-0.3, -0.25) is 4.79 Å². The summed E-state index contributed by atoms with van der Waals surface area (Å²) < 4.78 is 18.4. The van der Waals surface area contributed by atoms with Gasteiger partial charge in [0.2, 0.25) is 0 Å². The molecule has 0 N–H and O–H groups in total. The molecule has 0 spiro atoms. The van der Waals surface area contributed by atoms with E-state index in [2.05, 4.69) is 13.8 Å². The minimum Gasteiger partial charge on any atom is -0.493 e. The van der Waals surface area contributed by atoms with E-state index < -0.39 is 5.82 Å². The maximum atomic E-state index is 13.0. The highest BCUT2D eigenvalue weighted by Gasteiger charge is 2.09. The predicted octanol–water partition coefficient (Wildman–Crippen LogP) is 3.45. The second-order valence-electron chi connectivity index (χ2n) is 4.23. The molecule has 0 aliphatic rings. The van der Waals surface area contributed by atoms with Gasteiger partial charge in [0.25, 0.3) is 0 Å². The summed E-state index contributed by atoms with van der Waals surface area (Å²) in [7, 11) is 0. The Bertz CT molecular complexity index is 372. The highest BCUT2D eigenvalue weighted by Crippen LogP contribution is 2.20. The molecule has 88 valence electrons. The first-order valence-corrected chi connectivity index (χ1v) is 5.44. The largest absolute Gasteiger partial charge is 0.493 e. The third kappa shape index (κ3) is 3.65. The number of ketones is 1. The molecule has 0 unspecified atom stereocenters. The zero-order valence-electron chi connectivity index (χ0n) is 9.92. The quantitative estimate of drug-likeness (QED) is 0.716. The molecule has 0 aliphatic carbocycles. The van der Waals surface area contributed by atoms with Crippen LogP contribution in [0.25, 0.3) is 0 Å². The van der Waals surface area contributed by atoms with Gasteiger partial charge in [-0.2, -0.15) is 0 Å². The number of hydrogen-bond donors (Lipinski definition) is 0. The topological polar surface area (TPSA) is 26.3 Å². The molecule has 0 atom stereocenters. The van der Waals surface area contributed by atoms with Gasteiger partial charge in [-0.15, -0.1) is 0 Å². The van der Waals surface area contributed by atoms with E-state index in [9.17, 15) is 9.18 Å². The van der Waals surface area contributed by atoms with Crippen LogP contribution in [0.3, 0.4) is 0 Å². The number of ether oxygens (including phenoxy) is 1. The first kappa shape index (κ1) is 12.7. The Morgan fingerprint density at radius 2 is 2.12 bits per heavy atom. The van der Waals surface area contributed by atoms with E-state index in [1.165, 1.54) is 25.1 Å². The average Bonchev–Trinajstić information content (AvgIpc) is 2.19. The summed E-state index contributed by atoms with van der Waals surface area (Å²) in [5.41, 5.74) is 0.309. The molecule has 1 rings (SSSR count). The summed E-state index contributed by atoms with van der Waals surface area (Å²) in [5, 5.41) is 0. The maximum Gasteiger partial charge on any atom is 0.163 e. The molecular weight excluding hydrogens is 207 g/mol. The highest BCUT2D eigenvalue weighted by atomic mass is 19.1. The first-order valence-electron chi connectivity index (χ1n) is 5.44. The lowest BCUT2D eigenvalue weighted by molar-refractivity contribution is 0.101. The molecule has 0 aromatic heterocycles. The standard InChI is InChI=1S/C13H17FO2/c1-9(2)6-7-16-13-5-4-11(14)8-12(13)10(3)15/h4-5,8-9H,6-7H2,1-3H3. The molecule has 0 fully saturated rings. The first-order chi connectivity index (χ1) is 7.50. The van der Waals surface area contributed by atoms with Crippen molar-refractivity contribution in [1.82, 2.24) is 0 Å². The van der Waals surface area contributed by atoms with E-state index in [0.717, 1.165) is 6.42 Å². The lowest BCUT2D eigenvalue weighted by Crippen LogP contribution is -2.05. The van der Waals surface area contributed by atoms with Crippen molar-refractivity contribution in [1.29, 1.82) is 0 Å². The monoisotopic (exact) mass is 224 g/mol. The zero-order valence-corrected chi connectivity index (χ0v) is 9.92. The second-order valence-corrected chi connectivity index (χ2v) is 4.23. The Balaban J connectivity index is 2.75. The van der Waals surface area contributed by atoms with Gasteiger partial charge in [0.1, 0.15) is 11.6 Å². The van der Waals surface area contributed by atoms with E-state index >= 15 is 0 Å². The minimum absolute atomic E-state index is 0.181. The fourth-order valence-electron chi connectivity index (χ4n) is 1.31. The molecule has 1 aromatic rings. The smallest absolute Gasteiger partial charge is 0.163 e. The summed E-state index contributed by atoms with van der Waals surface area (Å²) in [4.78, 5) is 11.3. The van der Waals surface area contributed by atoms with Crippen molar-refractivity contribution in [3.8, 4) is 5.75 Å². The van der Waals surface area contributed by atoms with Crippen molar-refractivity contribution >= 4 is 5.78 Å². The SMILES string of the molecule is CC(=O)c1cc(F)ccc1OCCC(C)C. The number of carbonyl (C=O) groups is 1. The number of halogens is 1. The average molecular weight is 224 g/mol. The van der Waals surface area contributed by atoms with Crippen LogP contribution < -0.4 is 4.74 Å². The molecule has 0 heterocycles. The van der Waals surface area contributed by atoms with E-state index in [1.807, 2.05) is 0 Å². The van der Waals surface area contributed by atoms with Crippen LogP contribution in [0.1, 0.15) is 37.6 Å². The third-order valence-corrected chi connectivity index (χ3v) is 2.27. The molecular formula is C13H17FO2. The molecule has 0 radical (unpaired) electrons. The molecule has 3 heteroatoms. The zero-order chi connectivity index (χ0) is 12.1. The van der Waals surface area contributed by atoms with E-state index in [1.54, 1.807) is 0 Å². The normalized spacial score (nSPS) is 10.6. The fraction of sp³-hybridized carbons (Fsp3) is 0.462. The number of Topliss-reactive ketones (excluding diaryl/α,β-unsaturated/α-hetero) is 1. The van der Waals surface area contributed by atoms with E-state index in [-0.39, 0.29) is 5.78 Å². The van der Waals surface area contributed by atoms with Crippen LogP contribution in [0.5, 0.6) is 5.75 Å². The van der Waals surface area contributed by atoms with E-state index in [0.29, 0.717) is 23.8 Å². The van der Waals surface area contributed by atoms with Crippen LogP contribution >= 0.6 is 0 Å². The van der Waals surface area contributed by atoms with Crippen molar-refractivity contribution < 1.29 is 13.9 Å². The lowest BCUT2D eigenvalue weighted by Gasteiger charge is -2.10. The Hall–Kier alpha value is -1.38. The molecule has 0 saturated heterocycles. The molecule has 0 bridgehead atoms. The minimum atomic E-state index is -0.415. The summed E-state index contributed by atoms with van der Waals surface area (Å²) in [6, 6.07) is 4.02. The van der Waals surface area contributed by atoms with Crippen LogP contribution in [0.15, 0.2) is 18.2 Å². The number of hydrogen-bond acceptors (Lipinski definition) is 2. The second kappa shape index (κ2) is 5.64. The number of rotatable bonds is 5. The maximum absolute atomic E-state index is 13.0. The van der Waals surface area contributed by atoms with Crippen molar-refractivity contribution in [3.05, 3.63) is 29.6 Å². The molecule has 0 aliphatic heterocycles. The molecule has 16 heavy (non-hydrogen) atoms. The van der Waals surface area contributed by atoms with E-state index in [4.69, 9.17) is 4.74 Å². The molecule has 1 aromatic carbocycles. The number of carbonyl (C=O) groups excluding carboxylic acids is 1. The van der Waals surface area contributed by atoms with Gasteiger partial charge in [-0.05, 0) is 37.5 Å². The van der Waals surface area contributed by atoms with Gasteiger partial charge >= 0.3 is 0 Å². The predicted molar refractivity (Wildman–Crippen MR) is 61.4 cm³/mol. The van der Waals surface area contributed by atoms with Gasteiger partial charge in [0.15, 0.2) is 5.78 Å². The summed E-state index contributed by atoms with van der Waals surface area (Å²) in [6.45, 7) is 6.15. The molecule has 0 saturated carbocycles. The van der Waals surface area contributed by atoms with Crippen LogP contribution in [0.4, 0.5) is 4.39 Å². The van der Waals surface area contributed by atoms with Crippen molar-refractivity contribution in [3.63, 3.8) is 0 Å². The van der Waals surface area contributed by atoms with Crippen LogP contribution in [0.2, 0.25) is 0 Å². The van der Waals surface area contributed by atoms with Crippen molar-refractivity contribution in [2.24, 2.45) is 5.92 Å². The Morgan fingerprint density at radius 3 is 2.69 bits per heavy atom. The fourth-order valence-corrected chi connectivity index (χ4v) is 1.31. The Labute approximate surface area is 95.4 Å². The number of benzene rings is 1. The molecule has 2 nitrogen and oxygen atoms in total. The molecule has 0 amide bonds. The van der Waals surface area contributed by atoms with Crippen molar-refractivity contribution in [2.75, 3.05) is 6.61 Å². The van der Waals surface area contributed by atoms with Crippen LogP contribution in [0, 0.1) is 11.7 Å². The Kier molecular flexibility index (Phi) is 4.47. The van der Waals surface area contributed by atoms with Crippen molar-refractivity contribution in [2.45, 2.75) is 27.2 Å². The van der Waals surface area contributed by atoms with Gasteiger partial charge < -0.3 is 4.74 Å². The van der Waals surface area contributed by atoms with Gasteiger partial charge in [0, 0.05) is 0 Å². The lowest BCUT2D eigenvalue weighted by atomic mass is 10.1. The van der Waals surface area contributed by atoms with Gasteiger partial charge in [-0.1, -0.05) is 13.8 Å². The van der Waals surface area contributed by atoms with Gasteiger partial charge in [0.05, 0.1) is 12.2 Å². The summed E-state index contributed by atoms with van der Waals surface area (Å²) in [6.07, 6.45) is 0.911. The van der Waals surface area contributed by atoms with Crippen LogP contribution in [-0.2, 0) is 0 Å². The van der Waals surface area contributed by atoms with Gasteiger partial charge in [-0.25, -0.2) is 4.39 Å².